The van der Waals surface area contributed by atoms with Gasteiger partial charge in [-0.05, 0) is 31.9 Å². The molecule has 0 spiro atoms. The van der Waals surface area contributed by atoms with Gasteiger partial charge in [-0.1, -0.05) is 11.6 Å². The standard InChI is InChI=1S/C15H14ClF4N3O4S/c1-8(23-28(25,26)15(18,19)20)6-27-12-4-9(10(16)5-11(12)17)13(24)22-14(7-21)2-3-14/h4-5,8,23H,2-3,6H2,1H3,(H,22,24). The molecule has 2 N–H and O–H groups in total. The first-order valence-corrected chi connectivity index (χ1v) is 9.60. The van der Waals surface area contributed by atoms with Gasteiger partial charge < -0.3 is 10.1 Å². The van der Waals surface area contributed by atoms with E-state index in [1.165, 1.54) is 4.72 Å². The molecule has 1 aliphatic rings. The van der Waals surface area contributed by atoms with Crippen molar-refractivity contribution in [2.75, 3.05) is 6.61 Å². The van der Waals surface area contributed by atoms with Gasteiger partial charge in [-0.15, -0.1) is 0 Å². The fourth-order valence-corrected chi connectivity index (χ4v) is 3.04. The molecule has 0 aliphatic heterocycles. The Bertz CT molecular complexity index is 926. The van der Waals surface area contributed by atoms with Crippen LogP contribution in [0.1, 0.15) is 30.1 Å². The maximum Gasteiger partial charge on any atom is 0.511 e. The number of halogens is 5. The second-order valence-electron chi connectivity index (χ2n) is 6.19. The molecular weight excluding hydrogens is 430 g/mol. The monoisotopic (exact) mass is 443 g/mol. The Morgan fingerprint density at radius 3 is 2.54 bits per heavy atom. The lowest BCUT2D eigenvalue weighted by Gasteiger charge is -2.17. The zero-order chi connectivity index (χ0) is 21.3. The number of benzene rings is 1. The molecule has 0 bridgehead atoms. The average molecular weight is 444 g/mol. The molecule has 1 unspecified atom stereocenters. The molecule has 1 saturated carbocycles. The van der Waals surface area contributed by atoms with Crippen molar-refractivity contribution >= 4 is 27.5 Å². The first kappa shape index (κ1) is 22.2. The largest absolute Gasteiger partial charge is 0.511 e. The van der Waals surface area contributed by atoms with E-state index in [-0.39, 0.29) is 10.6 Å². The lowest BCUT2D eigenvalue weighted by atomic mass is 10.1. The zero-order valence-electron chi connectivity index (χ0n) is 14.2. The van der Waals surface area contributed by atoms with Crippen LogP contribution < -0.4 is 14.8 Å². The molecule has 0 aromatic heterocycles. The normalized spacial score (nSPS) is 16.8. The summed E-state index contributed by atoms with van der Waals surface area (Å²) in [4.78, 5) is 12.2. The minimum Gasteiger partial charge on any atom is -0.489 e. The highest BCUT2D eigenvalue weighted by Gasteiger charge is 2.46. The van der Waals surface area contributed by atoms with E-state index in [0.29, 0.717) is 12.8 Å². The van der Waals surface area contributed by atoms with Gasteiger partial charge in [0.1, 0.15) is 12.1 Å². The smallest absolute Gasteiger partial charge is 0.489 e. The minimum atomic E-state index is -5.60. The van der Waals surface area contributed by atoms with Gasteiger partial charge in [0, 0.05) is 0 Å². The van der Waals surface area contributed by atoms with E-state index in [9.17, 15) is 30.8 Å². The molecule has 1 fully saturated rings. The van der Waals surface area contributed by atoms with Crippen LogP contribution in [0.2, 0.25) is 5.02 Å². The van der Waals surface area contributed by atoms with Crippen LogP contribution in [0.4, 0.5) is 17.6 Å². The minimum absolute atomic E-state index is 0.205. The van der Waals surface area contributed by atoms with Gasteiger partial charge in [-0.2, -0.15) is 18.4 Å². The van der Waals surface area contributed by atoms with E-state index in [4.69, 9.17) is 21.6 Å². The number of hydrogen-bond acceptors (Lipinski definition) is 5. The number of sulfonamides is 1. The van der Waals surface area contributed by atoms with Gasteiger partial charge in [0.2, 0.25) is 0 Å². The van der Waals surface area contributed by atoms with E-state index in [1.54, 1.807) is 0 Å². The molecule has 7 nitrogen and oxygen atoms in total. The summed E-state index contributed by atoms with van der Waals surface area (Å²) in [7, 11) is -5.60. The highest BCUT2D eigenvalue weighted by Crippen LogP contribution is 2.35. The third-order valence-corrected chi connectivity index (χ3v) is 5.37. The predicted octanol–water partition coefficient (Wildman–Crippen LogP) is 2.47. The van der Waals surface area contributed by atoms with Gasteiger partial charge in [0.15, 0.2) is 11.6 Å². The van der Waals surface area contributed by atoms with E-state index in [2.05, 4.69) is 5.32 Å². The third-order valence-electron chi connectivity index (χ3n) is 3.73. The van der Waals surface area contributed by atoms with Crippen LogP contribution in [0.25, 0.3) is 0 Å². The number of rotatable bonds is 7. The summed E-state index contributed by atoms with van der Waals surface area (Å²) in [5, 5.41) is 11.2. The summed E-state index contributed by atoms with van der Waals surface area (Å²) in [5.74, 6) is -2.28. The summed E-state index contributed by atoms with van der Waals surface area (Å²) >= 11 is 5.83. The second kappa shape index (κ2) is 7.73. The highest BCUT2D eigenvalue weighted by molar-refractivity contribution is 7.90. The number of nitrogens with one attached hydrogen (secondary N) is 2. The van der Waals surface area contributed by atoms with Crippen molar-refractivity contribution in [1.29, 1.82) is 5.26 Å². The lowest BCUT2D eigenvalue weighted by molar-refractivity contribution is -0.0451. The number of nitriles is 1. The Balaban J connectivity index is 2.10. The molecule has 1 amide bonds. The molecule has 0 heterocycles. The Morgan fingerprint density at radius 1 is 1.43 bits per heavy atom. The van der Waals surface area contributed by atoms with E-state index >= 15 is 0 Å². The van der Waals surface area contributed by atoms with E-state index in [1.807, 2.05) is 6.07 Å². The van der Waals surface area contributed by atoms with Crippen LogP contribution in [0, 0.1) is 17.1 Å². The summed E-state index contributed by atoms with van der Waals surface area (Å²) in [6.07, 6.45) is 0.905. The van der Waals surface area contributed by atoms with Crippen molar-refractivity contribution in [3.63, 3.8) is 0 Å². The van der Waals surface area contributed by atoms with Crippen molar-refractivity contribution in [3.8, 4) is 11.8 Å². The fraction of sp³-hybridized carbons (Fsp3) is 0.467. The van der Waals surface area contributed by atoms with Crippen LogP contribution in [0.15, 0.2) is 12.1 Å². The SMILES string of the molecule is CC(COc1cc(C(=O)NC2(C#N)CC2)c(Cl)cc1F)NS(=O)(=O)C(F)(F)F. The molecule has 1 aromatic carbocycles. The third kappa shape index (κ3) is 5.03. The molecular formula is C15H14ClF4N3O4S. The van der Waals surface area contributed by atoms with Gasteiger partial charge in [-0.3, -0.25) is 4.79 Å². The Morgan fingerprint density at radius 2 is 2.04 bits per heavy atom. The van der Waals surface area contributed by atoms with Crippen molar-refractivity contribution in [2.45, 2.75) is 36.9 Å². The molecule has 28 heavy (non-hydrogen) atoms. The fourth-order valence-electron chi connectivity index (χ4n) is 2.07. The van der Waals surface area contributed by atoms with Crippen molar-refractivity contribution < 1.29 is 35.5 Å². The quantitative estimate of drug-likeness (QED) is 0.629. The molecule has 154 valence electrons. The molecule has 1 aromatic rings. The number of hydrogen-bond donors (Lipinski definition) is 2. The van der Waals surface area contributed by atoms with Crippen LogP contribution in [-0.2, 0) is 10.0 Å². The molecule has 0 saturated heterocycles. The van der Waals surface area contributed by atoms with Gasteiger partial charge in [0.05, 0.1) is 22.7 Å². The molecule has 0 radical (unpaired) electrons. The molecule has 13 heteroatoms. The average Bonchev–Trinajstić information content (AvgIpc) is 3.32. The van der Waals surface area contributed by atoms with Crippen molar-refractivity contribution in [3.05, 3.63) is 28.5 Å². The van der Waals surface area contributed by atoms with E-state index in [0.717, 1.165) is 19.1 Å². The van der Waals surface area contributed by atoms with Crippen LogP contribution in [-0.4, -0.2) is 38.0 Å². The zero-order valence-corrected chi connectivity index (χ0v) is 15.8. The maximum absolute atomic E-state index is 14.0. The van der Waals surface area contributed by atoms with Crippen LogP contribution in [0.3, 0.4) is 0 Å². The number of ether oxygens (including phenoxy) is 1. The summed E-state index contributed by atoms with van der Waals surface area (Å²) in [6.45, 7) is 0.422. The summed E-state index contributed by atoms with van der Waals surface area (Å²) in [6, 6.07) is 2.27. The number of nitrogens with zero attached hydrogens (tertiary/aromatic N) is 1. The Labute approximate surface area is 162 Å². The maximum atomic E-state index is 14.0. The summed E-state index contributed by atoms with van der Waals surface area (Å²) in [5.41, 5.74) is -6.71. The van der Waals surface area contributed by atoms with Gasteiger partial charge in [0.25, 0.3) is 5.91 Å². The predicted molar refractivity (Wildman–Crippen MR) is 89.5 cm³/mol. The number of amides is 1. The number of carbonyl (C=O) groups is 1. The molecule has 1 atom stereocenters. The topological polar surface area (TPSA) is 108 Å². The van der Waals surface area contributed by atoms with E-state index < -0.39 is 51.2 Å². The Kier molecular flexibility index (Phi) is 6.13. The first-order chi connectivity index (χ1) is 12.8. The van der Waals surface area contributed by atoms with Gasteiger partial charge >= 0.3 is 15.5 Å². The number of alkyl halides is 3. The van der Waals surface area contributed by atoms with Crippen LogP contribution in [0.5, 0.6) is 5.75 Å². The van der Waals surface area contributed by atoms with Crippen LogP contribution >= 0.6 is 11.6 Å². The highest BCUT2D eigenvalue weighted by atomic mass is 35.5. The first-order valence-electron chi connectivity index (χ1n) is 7.74. The summed E-state index contributed by atoms with van der Waals surface area (Å²) < 4.78 is 79.4. The Hall–Kier alpha value is -2.10. The van der Waals surface area contributed by atoms with Crippen molar-refractivity contribution in [2.24, 2.45) is 0 Å². The van der Waals surface area contributed by atoms with Crippen molar-refractivity contribution in [1.82, 2.24) is 10.0 Å². The second-order valence-corrected chi connectivity index (χ2v) is 8.30. The molecule has 1 aliphatic carbocycles. The molecule has 2 rings (SSSR count). The number of carbonyl (C=O) groups excluding carboxylic acids is 1. The van der Waals surface area contributed by atoms with Gasteiger partial charge in [-0.25, -0.2) is 17.5 Å². The lowest BCUT2D eigenvalue weighted by Crippen LogP contribution is -2.43.